The van der Waals surface area contributed by atoms with E-state index < -0.39 is 10.0 Å². The highest BCUT2D eigenvalue weighted by Gasteiger charge is 2.28. The number of carbonyl (C=O) groups excluding carboxylic acids is 1. The molecule has 1 aromatic heterocycles. The maximum atomic E-state index is 12.3. The van der Waals surface area contributed by atoms with E-state index in [1.165, 1.54) is 21.7 Å². The Hall–Kier alpha value is -2.28. The van der Waals surface area contributed by atoms with Gasteiger partial charge >= 0.3 is 0 Å². The molecule has 0 unspecified atom stereocenters. The number of carbonyl (C=O) groups is 1. The van der Waals surface area contributed by atoms with Gasteiger partial charge in [-0.1, -0.05) is 6.07 Å². The predicted octanol–water partition coefficient (Wildman–Crippen LogP) is 1.97. The van der Waals surface area contributed by atoms with Crippen LogP contribution in [0, 0.1) is 11.3 Å². The van der Waals surface area contributed by atoms with E-state index in [-0.39, 0.29) is 11.7 Å². The lowest BCUT2D eigenvalue weighted by Crippen LogP contribution is -2.36. The Bertz CT molecular complexity index is 960. The molecule has 2 heterocycles. The highest BCUT2D eigenvalue weighted by Crippen LogP contribution is 2.29. The van der Waals surface area contributed by atoms with Crippen molar-refractivity contribution in [2.75, 3.05) is 17.6 Å². The first-order valence-corrected chi connectivity index (χ1v) is 10.1. The van der Waals surface area contributed by atoms with Crippen molar-refractivity contribution >= 4 is 32.4 Å². The average Bonchev–Trinajstić information content (AvgIpc) is 3.03. The monoisotopic (exact) mass is 376 g/mol. The minimum absolute atomic E-state index is 0.0694. The number of sulfonamides is 1. The zero-order valence-electron chi connectivity index (χ0n) is 13.5. The molecule has 0 fully saturated rings. The molecule has 0 aliphatic carbocycles. The number of benzene rings is 1. The average molecular weight is 376 g/mol. The van der Waals surface area contributed by atoms with Crippen molar-refractivity contribution in [3.8, 4) is 6.07 Å². The van der Waals surface area contributed by atoms with Gasteiger partial charge in [0.05, 0.1) is 23.1 Å². The van der Waals surface area contributed by atoms with Crippen LogP contribution < -0.4 is 5.32 Å². The number of fused-ring (bicyclic) bond motifs is 1. The van der Waals surface area contributed by atoms with E-state index in [9.17, 15) is 13.2 Å². The molecule has 0 atom stereocenters. The summed E-state index contributed by atoms with van der Waals surface area (Å²) < 4.78 is 25.5. The number of hydrogen-bond donors (Lipinski definition) is 1. The lowest BCUT2D eigenvalue weighted by molar-refractivity contribution is 0.102. The number of nitrogens with zero attached hydrogens (tertiary/aromatic N) is 3. The highest BCUT2D eigenvalue weighted by atomic mass is 32.2. The van der Waals surface area contributed by atoms with Crippen LogP contribution in [0.4, 0.5) is 5.13 Å². The molecule has 0 spiro atoms. The Kier molecular flexibility index (Phi) is 4.85. The van der Waals surface area contributed by atoms with E-state index >= 15 is 0 Å². The molecule has 9 heteroatoms. The fourth-order valence-corrected chi connectivity index (χ4v) is 4.71. The van der Waals surface area contributed by atoms with Crippen LogP contribution in [0.1, 0.15) is 33.4 Å². The zero-order chi connectivity index (χ0) is 18.0. The number of thiazole rings is 1. The van der Waals surface area contributed by atoms with Gasteiger partial charge in [0.2, 0.25) is 10.0 Å². The number of aromatic nitrogens is 1. The first-order valence-electron chi connectivity index (χ1n) is 7.71. The third-order valence-electron chi connectivity index (χ3n) is 3.93. The van der Waals surface area contributed by atoms with E-state index in [1.54, 1.807) is 25.1 Å². The van der Waals surface area contributed by atoms with Crippen molar-refractivity contribution in [3.05, 3.63) is 46.0 Å². The lowest BCUT2D eigenvalue weighted by Gasteiger charge is -2.24. The van der Waals surface area contributed by atoms with Gasteiger partial charge in [0.15, 0.2) is 5.13 Å². The van der Waals surface area contributed by atoms with E-state index in [0.717, 1.165) is 10.6 Å². The second kappa shape index (κ2) is 6.92. The van der Waals surface area contributed by atoms with Crippen molar-refractivity contribution in [3.63, 3.8) is 0 Å². The molecule has 1 aliphatic heterocycles. The molecule has 7 nitrogen and oxygen atoms in total. The van der Waals surface area contributed by atoms with Crippen LogP contribution in [0.3, 0.4) is 0 Å². The van der Waals surface area contributed by atoms with Crippen molar-refractivity contribution in [2.24, 2.45) is 0 Å². The summed E-state index contributed by atoms with van der Waals surface area (Å²) in [4.78, 5) is 17.6. The minimum atomic E-state index is -3.23. The largest absolute Gasteiger partial charge is 0.298 e. The van der Waals surface area contributed by atoms with Crippen molar-refractivity contribution in [1.29, 1.82) is 5.26 Å². The molecule has 1 amide bonds. The summed E-state index contributed by atoms with van der Waals surface area (Å²) in [7, 11) is -3.23. The molecule has 0 saturated heterocycles. The van der Waals surface area contributed by atoms with Gasteiger partial charge in [0.25, 0.3) is 5.91 Å². The van der Waals surface area contributed by atoms with Crippen molar-refractivity contribution in [2.45, 2.75) is 19.9 Å². The Morgan fingerprint density at radius 2 is 2.28 bits per heavy atom. The topological polar surface area (TPSA) is 103 Å². The number of nitrogens with one attached hydrogen (secondary N) is 1. The molecular weight excluding hydrogens is 360 g/mol. The van der Waals surface area contributed by atoms with E-state index in [4.69, 9.17) is 5.26 Å². The van der Waals surface area contributed by atoms with Gasteiger partial charge in [0.1, 0.15) is 0 Å². The fourth-order valence-electron chi connectivity index (χ4n) is 2.54. The van der Waals surface area contributed by atoms with Crippen LogP contribution in [0.25, 0.3) is 0 Å². The van der Waals surface area contributed by atoms with Gasteiger partial charge in [0, 0.05) is 30.0 Å². The van der Waals surface area contributed by atoms with Gasteiger partial charge < -0.3 is 0 Å². The number of anilines is 1. The SMILES string of the molecule is CCS(=O)(=O)N1CCc2nc(NC(=O)c3cccc(C#N)c3)sc2C1. The lowest BCUT2D eigenvalue weighted by atomic mass is 10.1. The second-order valence-corrected chi connectivity index (χ2v) is 8.86. The predicted molar refractivity (Wildman–Crippen MR) is 94.8 cm³/mol. The Morgan fingerprint density at radius 3 is 3.00 bits per heavy atom. The van der Waals surface area contributed by atoms with Gasteiger partial charge in [-0.25, -0.2) is 13.4 Å². The number of nitriles is 1. The molecule has 1 aliphatic rings. The van der Waals surface area contributed by atoms with E-state index in [1.807, 2.05) is 6.07 Å². The number of rotatable bonds is 4. The Labute approximate surface area is 150 Å². The second-order valence-electron chi connectivity index (χ2n) is 5.52. The summed E-state index contributed by atoms with van der Waals surface area (Å²) in [6.07, 6.45) is 0.533. The minimum Gasteiger partial charge on any atom is -0.298 e. The van der Waals surface area contributed by atoms with Gasteiger partial charge in [-0.3, -0.25) is 10.1 Å². The molecule has 2 aromatic rings. The third-order valence-corrected chi connectivity index (χ3v) is 6.75. The zero-order valence-corrected chi connectivity index (χ0v) is 15.2. The van der Waals surface area contributed by atoms with Crippen LogP contribution >= 0.6 is 11.3 Å². The number of amides is 1. The van der Waals surface area contributed by atoms with Crippen LogP contribution in [-0.4, -0.2) is 35.9 Å². The van der Waals surface area contributed by atoms with Gasteiger partial charge in [-0.15, -0.1) is 11.3 Å². The van der Waals surface area contributed by atoms with E-state index in [2.05, 4.69) is 10.3 Å². The van der Waals surface area contributed by atoms with Crippen molar-refractivity contribution < 1.29 is 13.2 Å². The van der Waals surface area contributed by atoms with Gasteiger partial charge in [-0.2, -0.15) is 9.57 Å². The quantitative estimate of drug-likeness (QED) is 0.879. The molecule has 0 saturated carbocycles. The normalized spacial score (nSPS) is 14.6. The number of hydrogen-bond acceptors (Lipinski definition) is 6. The summed E-state index contributed by atoms with van der Waals surface area (Å²) in [6.45, 7) is 2.33. The van der Waals surface area contributed by atoms with E-state index in [0.29, 0.717) is 35.8 Å². The first kappa shape index (κ1) is 17.5. The van der Waals surface area contributed by atoms with Gasteiger partial charge in [-0.05, 0) is 25.1 Å². The molecule has 130 valence electrons. The molecule has 1 N–H and O–H groups in total. The van der Waals surface area contributed by atoms with Crippen LogP contribution in [0.5, 0.6) is 0 Å². The molecular formula is C16H16N4O3S2. The third kappa shape index (κ3) is 3.71. The van der Waals surface area contributed by atoms with Crippen LogP contribution in [0.15, 0.2) is 24.3 Å². The maximum Gasteiger partial charge on any atom is 0.257 e. The summed E-state index contributed by atoms with van der Waals surface area (Å²) >= 11 is 1.28. The Balaban J connectivity index is 1.76. The summed E-state index contributed by atoms with van der Waals surface area (Å²) in [6, 6.07) is 8.40. The van der Waals surface area contributed by atoms with Crippen molar-refractivity contribution in [1.82, 2.24) is 9.29 Å². The molecule has 3 rings (SSSR count). The summed E-state index contributed by atoms with van der Waals surface area (Å²) in [5.41, 5.74) is 1.61. The first-order chi connectivity index (χ1) is 11.9. The van der Waals surface area contributed by atoms with Crippen LogP contribution in [0.2, 0.25) is 0 Å². The fraction of sp³-hybridized carbons (Fsp3) is 0.312. The molecule has 0 radical (unpaired) electrons. The molecule has 25 heavy (non-hydrogen) atoms. The summed E-state index contributed by atoms with van der Waals surface area (Å²) in [5, 5.41) is 12.1. The summed E-state index contributed by atoms with van der Waals surface area (Å²) in [5.74, 6) is -0.277. The Morgan fingerprint density at radius 1 is 1.48 bits per heavy atom. The smallest absolute Gasteiger partial charge is 0.257 e. The van der Waals surface area contributed by atoms with Crippen LogP contribution in [-0.2, 0) is 23.0 Å². The molecule has 0 bridgehead atoms. The maximum absolute atomic E-state index is 12.3. The highest BCUT2D eigenvalue weighted by molar-refractivity contribution is 7.89. The molecule has 1 aromatic carbocycles. The standard InChI is InChI=1S/C16H16N4O3S2/c1-2-25(22,23)20-7-6-13-14(10-20)24-16(18-13)19-15(21)12-5-3-4-11(8-12)9-17/h3-5,8H,2,6-7,10H2,1H3,(H,18,19,21).